The molecule has 0 saturated heterocycles. The average molecular weight is 266 g/mol. The molecular formula is C14H22N2O3. The predicted octanol–water partition coefficient (Wildman–Crippen LogP) is 0.880. The average Bonchev–Trinajstić information content (AvgIpc) is 2.47. The summed E-state index contributed by atoms with van der Waals surface area (Å²) in [6.45, 7) is 2.53. The highest BCUT2D eigenvalue weighted by molar-refractivity contribution is 5.94. The molecule has 5 heteroatoms. The van der Waals surface area contributed by atoms with Gasteiger partial charge in [0.25, 0.3) is 5.91 Å². The molecule has 0 aliphatic heterocycles. The van der Waals surface area contributed by atoms with Crippen molar-refractivity contribution in [3.63, 3.8) is 0 Å². The van der Waals surface area contributed by atoms with E-state index in [-0.39, 0.29) is 5.91 Å². The van der Waals surface area contributed by atoms with Gasteiger partial charge in [-0.1, -0.05) is 12.1 Å². The molecule has 0 spiro atoms. The first kappa shape index (κ1) is 15.6. The van der Waals surface area contributed by atoms with E-state index >= 15 is 0 Å². The molecule has 0 aliphatic carbocycles. The standard InChI is InChI=1S/C14H22N2O3/c1-18-8-6-16(7-9-19-2)14(17)13-5-3-4-12(10-13)11-15/h3-5,10H,6-9,11,15H2,1-2H3. The zero-order valence-corrected chi connectivity index (χ0v) is 11.6. The molecule has 0 saturated carbocycles. The quantitative estimate of drug-likeness (QED) is 0.758. The van der Waals surface area contributed by atoms with Gasteiger partial charge in [0, 0.05) is 39.4 Å². The minimum atomic E-state index is -0.0237. The number of hydrogen-bond acceptors (Lipinski definition) is 4. The molecule has 0 unspecified atom stereocenters. The summed E-state index contributed by atoms with van der Waals surface area (Å²) in [7, 11) is 3.24. The van der Waals surface area contributed by atoms with E-state index in [0.717, 1.165) is 5.56 Å². The highest BCUT2D eigenvalue weighted by atomic mass is 16.5. The van der Waals surface area contributed by atoms with Crippen molar-refractivity contribution in [2.75, 3.05) is 40.5 Å². The fourth-order valence-electron chi connectivity index (χ4n) is 1.73. The van der Waals surface area contributed by atoms with Gasteiger partial charge in [0.15, 0.2) is 0 Å². The number of nitrogens with two attached hydrogens (primary N) is 1. The number of carbonyl (C=O) groups is 1. The van der Waals surface area contributed by atoms with E-state index in [2.05, 4.69) is 0 Å². The normalized spacial score (nSPS) is 10.5. The molecular weight excluding hydrogens is 244 g/mol. The van der Waals surface area contributed by atoms with Gasteiger partial charge in [0.2, 0.25) is 0 Å². The number of nitrogens with zero attached hydrogens (tertiary/aromatic N) is 1. The summed E-state index contributed by atoms with van der Waals surface area (Å²) < 4.78 is 10.1. The van der Waals surface area contributed by atoms with Crippen molar-refractivity contribution in [3.05, 3.63) is 35.4 Å². The van der Waals surface area contributed by atoms with Crippen LogP contribution in [0.15, 0.2) is 24.3 Å². The second kappa shape index (κ2) is 8.63. The lowest BCUT2D eigenvalue weighted by molar-refractivity contribution is 0.0627. The number of rotatable bonds is 8. The molecule has 0 radical (unpaired) electrons. The largest absolute Gasteiger partial charge is 0.383 e. The Kier molecular flexibility index (Phi) is 7.10. The topological polar surface area (TPSA) is 64.8 Å². The van der Waals surface area contributed by atoms with Gasteiger partial charge < -0.3 is 20.1 Å². The molecule has 0 aromatic heterocycles. The Bertz CT molecular complexity index is 388. The van der Waals surface area contributed by atoms with Crippen LogP contribution in [-0.2, 0) is 16.0 Å². The molecule has 1 amide bonds. The van der Waals surface area contributed by atoms with Crippen LogP contribution in [0.1, 0.15) is 15.9 Å². The molecule has 0 aliphatic rings. The van der Waals surface area contributed by atoms with Crippen LogP contribution in [0.5, 0.6) is 0 Å². The van der Waals surface area contributed by atoms with Gasteiger partial charge in [0.1, 0.15) is 0 Å². The summed E-state index contributed by atoms with van der Waals surface area (Å²) in [5, 5.41) is 0. The predicted molar refractivity (Wildman–Crippen MR) is 74.0 cm³/mol. The van der Waals surface area contributed by atoms with Crippen LogP contribution in [-0.4, -0.2) is 51.3 Å². The highest BCUT2D eigenvalue weighted by Gasteiger charge is 2.15. The van der Waals surface area contributed by atoms with Crippen molar-refractivity contribution in [1.82, 2.24) is 4.90 Å². The fraction of sp³-hybridized carbons (Fsp3) is 0.500. The monoisotopic (exact) mass is 266 g/mol. The molecule has 0 fully saturated rings. The second-order valence-electron chi connectivity index (χ2n) is 4.18. The Morgan fingerprint density at radius 2 is 1.84 bits per heavy atom. The molecule has 0 heterocycles. The van der Waals surface area contributed by atoms with Crippen LogP contribution < -0.4 is 5.73 Å². The van der Waals surface area contributed by atoms with Crippen molar-refractivity contribution < 1.29 is 14.3 Å². The van der Waals surface area contributed by atoms with E-state index in [1.807, 2.05) is 18.2 Å². The van der Waals surface area contributed by atoms with Crippen molar-refractivity contribution in [2.45, 2.75) is 6.54 Å². The summed E-state index contributed by atoms with van der Waals surface area (Å²) in [6, 6.07) is 7.38. The number of carbonyl (C=O) groups excluding carboxylic acids is 1. The Balaban J connectivity index is 2.77. The Hall–Kier alpha value is -1.43. The van der Waals surface area contributed by atoms with Crippen LogP contribution in [0.3, 0.4) is 0 Å². The van der Waals surface area contributed by atoms with Gasteiger partial charge in [-0.15, -0.1) is 0 Å². The Labute approximate surface area is 114 Å². The van der Waals surface area contributed by atoms with Crippen LogP contribution in [0.25, 0.3) is 0 Å². The molecule has 2 N–H and O–H groups in total. The van der Waals surface area contributed by atoms with E-state index in [1.54, 1.807) is 25.2 Å². The van der Waals surface area contributed by atoms with Crippen LogP contribution in [0.2, 0.25) is 0 Å². The van der Waals surface area contributed by atoms with Gasteiger partial charge in [-0.2, -0.15) is 0 Å². The molecule has 1 aromatic rings. The summed E-state index contributed by atoms with van der Waals surface area (Å²) in [6.07, 6.45) is 0. The van der Waals surface area contributed by atoms with Crippen LogP contribution in [0.4, 0.5) is 0 Å². The Morgan fingerprint density at radius 1 is 1.21 bits per heavy atom. The molecule has 0 atom stereocenters. The van der Waals surface area contributed by atoms with Crippen LogP contribution in [0, 0.1) is 0 Å². The molecule has 106 valence electrons. The van der Waals surface area contributed by atoms with Crippen molar-refractivity contribution in [2.24, 2.45) is 5.73 Å². The summed E-state index contributed by atoms with van der Waals surface area (Å²) in [4.78, 5) is 14.1. The maximum atomic E-state index is 12.4. The zero-order chi connectivity index (χ0) is 14.1. The zero-order valence-electron chi connectivity index (χ0n) is 11.6. The first-order valence-electron chi connectivity index (χ1n) is 6.29. The second-order valence-corrected chi connectivity index (χ2v) is 4.18. The lowest BCUT2D eigenvalue weighted by atomic mass is 10.1. The van der Waals surface area contributed by atoms with E-state index in [9.17, 15) is 4.79 Å². The van der Waals surface area contributed by atoms with E-state index in [1.165, 1.54) is 0 Å². The van der Waals surface area contributed by atoms with Crippen molar-refractivity contribution in [3.8, 4) is 0 Å². The smallest absolute Gasteiger partial charge is 0.254 e. The van der Waals surface area contributed by atoms with E-state index < -0.39 is 0 Å². The van der Waals surface area contributed by atoms with Gasteiger partial charge in [-0.3, -0.25) is 4.79 Å². The van der Waals surface area contributed by atoms with Crippen molar-refractivity contribution >= 4 is 5.91 Å². The number of ether oxygens (including phenoxy) is 2. The third kappa shape index (κ3) is 4.98. The summed E-state index contributed by atoms with van der Waals surface area (Å²) in [5.74, 6) is -0.0237. The third-order valence-corrected chi connectivity index (χ3v) is 2.83. The summed E-state index contributed by atoms with van der Waals surface area (Å²) in [5.41, 5.74) is 7.19. The van der Waals surface area contributed by atoms with Gasteiger partial charge >= 0.3 is 0 Å². The van der Waals surface area contributed by atoms with Gasteiger partial charge in [0.05, 0.1) is 13.2 Å². The van der Waals surface area contributed by atoms with Gasteiger partial charge in [-0.05, 0) is 17.7 Å². The molecule has 19 heavy (non-hydrogen) atoms. The minimum Gasteiger partial charge on any atom is -0.383 e. The number of benzene rings is 1. The fourth-order valence-corrected chi connectivity index (χ4v) is 1.73. The Morgan fingerprint density at radius 3 is 2.37 bits per heavy atom. The number of amides is 1. The highest BCUT2D eigenvalue weighted by Crippen LogP contribution is 2.08. The lowest BCUT2D eigenvalue weighted by Crippen LogP contribution is -2.36. The van der Waals surface area contributed by atoms with Gasteiger partial charge in [-0.25, -0.2) is 0 Å². The van der Waals surface area contributed by atoms with Crippen molar-refractivity contribution in [1.29, 1.82) is 0 Å². The SMILES string of the molecule is COCCN(CCOC)C(=O)c1cccc(CN)c1. The molecule has 5 nitrogen and oxygen atoms in total. The molecule has 1 rings (SSSR count). The number of hydrogen-bond donors (Lipinski definition) is 1. The number of methoxy groups -OCH3 is 2. The third-order valence-electron chi connectivity index (χ3n) is 2.83. The molecule has 0 bridgehead atoms. The summed E-state index contributed by atoms with van der Waals surface area (Å²) >= 11 is 0. The maximum Gasteiger partial charge on any atom is 0.254 e. The first-order chi connectivity index (χ1) is 9.22. The van der Waals surface area contributed by atoms with E-state index in [0.29, 0.717) is 38.4 Å². The van der Waals surface area contributed by atoms with E-state index in [4.69, 9.17) is 15.2 Å². The molecule has 1 aromatic carbocycles. The maximum absolute atomic E-state index is 12.4. The lowest BCUT2D eigenvalue weighted by Gasteiger charge is -2.22. The first-order valence-corrected chi connectivity index (χ1v) is 6.29. The van der Waals surface area contributed by atoms with Crippen LogP contribution >= 0.6 is 0 Å². The minimum absolute atomic E-state index is 0.0237.